The number of nitrogens with zero attached hydrogens (tertiary/aromatic N) is 1. The average Bonchev–Trinajstić information content (AvgIpc) is 2.82. The van der Waals surface area contributed by atoms with Crippen LogP contribution in [0.1, 0.15) is 52.9 Å². The molecule has 0 aromatic rings. The fourth-order valence-electron chi connectivity index (χ4n) is 2.41. The maximum atomic E-state index is 12.5. The first kappa shape index (κ1) is 15.2. The second kappa shape index (κ2) is 6.37. The molecule has 1 N–H and O–H groups in total. The number of rotatable bonds is 6. The number of aliphatic hydroxyl groups is 1. The second-order valence-corrected chi connectivity index (χ2v) is 5.88. The van der Waals surface area contributed by atoms with Crippen molar-refractivity contribution in [3.05, 3.63) is 12.2 Å². The van der Waals surface area contributed by atoms with Crippen LogP contribution in [0.2, 0.25) is 0 Å². The van der Waals surface area contributed by atoms with E-state index in [0.29, 0.717) is 6.04 Å². The van der Waals surface area contributed by atoms with Crippen LogP contribution in [0.5, 0.6) is 0 Å². The maximum Gasteiger partial charge on any atom is 0.249 e. The van der Waals surface area contributed by atoms with E-state index in [1.807, 2.05) is 4.90 Å². The van der Waals surface area contributed by atoms with Gasteiger partial charge in [-0.05, 0) is 37.5 Å². The van der Waals surface area contributed by atoms with Gasteiger partial charge in [0.1, 0.15) is 0 Å². The fourth-order valence-corrected chi connectivity index (χ4v) is 2.41. The van der Waals surface area contributed by atoms with Crippen molar-refractivity contribution in [1.82, 2.24) is 4.90 Å². The molecular formula is C15H27NO2. The van der Waals surface area contributed by atoms with Gasteiger partial charge in [-0.3, -0.25) is 4.79 Å². The lowest BCUT2D eigenvalue weighted by atomic mass is 9.82. The SMILES string of the molecule is C=C(C(=O)N1CCCC1CCCO)C(C)(C)CC. The lowest BCUT2D eigenvalue weighted by molar-refractivity contribution is -0.129. The number of hydrogen-bond donors (Lipinski definition) is 1. The normalized spacial score (nSPS) is 20.2. The molecule has 104 valence electrons. The molecule has 18 heavy (non-hydrogen) atoms. The van der Waals surface area contributed by atoms with Crippen molar-refractivity contribution in [2.24, 2.45) is 5.41 Å². The van der Waals surface area contributed by atoms with Gasteiger partial charge in [-0.2, -0.15) is 0 Å². The Morgan fingerprint density at radius 3 is 2.72 bits per heavy atom. The number of amides is 1. The molecule has 3 heteroatoms. The first-order chi connectivity index (χ1) is 8.44. The van der Waals surface area contributed by atoms with E-state index >= 15 is 0 Å². The van der Waals surface area contributed by atoms with Gasteiger partial charge in [-0.25, -0.2) is 0 Å². The molecule has 3 nitrogen and oxygen atoms in total. The average molecular weight is 253 g/mol. The smallest absolute Gasteiger partial charge is 0.249 e. The summed E-state index contributed by atoms with van der Waals surface area (Å²) in [5.41, 5.74) is 0.599. The summed E-state index contributed by atoms with van der Waals surface area (Å²) in [4.78, 5) is 14.5. The van der Waals surface area contributed by atoms with Crippen LogP contribution >= 0.6 is 0 Å². The second-order valence-electron chi connectivity index (χ2n) is 5.88. The Hall–Kier alpha value is -0.830. The van der Waals surface area contributed by atoms with Crippen molar-refractivity contribution in [1.29, 1.82) is 0 Å². The van der Waals surface area contributed by atoms with Crippen LogP contribution in [-0.4, -0.2) is 35.1 Å². The molecular weight excluding hydrogens is 226 g/mol. The molecule has 0 saturated carbocycles. The van der Waals surface area contributed by atoms with Crippen molar-refractivity contribution in [2.75, 3.05) is 13.2 Å². The van der Waals surface area contributed by atoms with Gasteiger partial charge in [0.25, 0.3) is 0 Å². The maximum absolute atomic E-state index is 12.5. The van der Waals surface area contributed by atoms with Gasteiger partial charge in [-0.15, -0.1) is 0 Å². The Bertz CT molecular complexity index is 310. The first-order valence-electron chi connectivity index (χ1n) is 7.05. The van der Waals surface area contributed by atoms with E-state index in [9.17, 15) is 4.79 Å². The molecule has 0 spiro atoms. The van der Waals surface area contributed by atoms with Crippen LogP contribution in [0.4, 0.5) is 0 Å². The molecule has 0 bridgehead atoms. The predicted octanol–water partition coefficient (Wildman–Crippen LogP) is 2.74. The van der Waals surface area contributed by atoms with Gasteiger partial charge >= 0.3 is 0 Å². The third-order valence-electron chi connectivity index (χ3n) is 4.29. The van der Waals surface area contributed by atoms with Gasteiger partial charge in [0, 0.05) is 24.8 Å². The first-order valence-corrected chi connectivity index (χ1v) is 7.05. The van der Waals surface area contributed by atoms with Gasteiger partial charge in [0.05, 0.1) is 0 Å². The topological polar surface area (TPSA) is 40.5 Å². The van der Waals surface area contributed by atoms with E-state index in [2.05, 4.69) is 27.4 Å². The number of aliphatic hydroxyl groups excluding tert-OH is 1. The Labute approximate surface area is 111 Å². The minimum Gasteiger partial charge on any atom is -0.396 e. The zero-order valence-electron chi connectivity index (χ0n) is 12.0. The summed E-state index contributed by atoms with van der Waals surface area (Å²) in [6, 6.07) is 0.300. The Morgan fingerprint density at radius 1 is 1.50 bits per heavy atom. The van der Waals surface area contributed by atoms with E-state index in [1.165, 1.54) is 0 Å². The molecule has 1 heterocycles. The van der Waals surface area contributed by atoms with Crippen LogP contribution in [0.3, 0.4) is 0 Å². The zero-order valence-corrected chi connectivity index (χ0v) is 12.0. The number of likely N-dealkylation sites (tertiary alicyclic amines) is 1. The standard InChI is InChI=1S/C15H27NO2/c1-5-15(3,4)12(2)14(18)16-10-6-8-13(16)9-7-11-17/h13,17H,2,5-11H2,1,3-4H3. The minimum absolute atomic E-state index is 0.113. The highest BCUT2D eigenvalue weighted by molar-refractivity contribution is 5.94. The largest absolute Gasteiger partial charge is 0.396 e. The molecule has 1 aliphatic heterocycles. The third-order valence-corrected chi connectivity index (χ3v) is 4.29. The molecule has 1 unspecified atom stereocenters. The summed E-state index contributed by atoms with van der Waals surface area (Å²) < 4.78 is 0. The number of hydrogen-bond acceptors (Lipinski definition) is 2. The summed E-state index contributed by atoms with van der Waals surface area (Å²) in [5, 5.41) is 8.91. The molecule has 1 saturated heterocycles. The van der Waals surface area contributed by atoms with Crippen LogP contribution in [0.25, 0.3) is 0 Å². The highest BCUT2D eigenvalue weighted by Gasteiger charge is 2.33. The highest BCUT2D eigenvalue weighted by Crippen LogP contribution is 2.32. The van der Waals surface area contributed by atoms with Gasteiger partial charge in [-0.1, -0.05) is 27.4 Å². The number of carbonyl (C=O) groups is 1. The highest BCUT2D eigenvalue weighted by atomic mass is 16.3. The fraction of sp³-hybridized carbons (Fsp3) is 0.800. The van der Waals surface area contributed by atoms with Crippen molar-refractivity contribution in [2.45, 2.75) is 58.9 Å². The van der Waals surface area contributed by atoms with Gasteiger partial charge in [0.15, 0.2) is 0 Å². The molecule has 0 aromatic heterocycles. The third kappa shape index (κ3) is 3.35. The Balaban J connectivity index is 2.68. The predicted molar refractivity (Wildman–Crippen MR) is 74.3 cm³/mol. The molecule has 1 amide bonds. The molecule has 0 radical (unpaired) electrons. The molecule has 0 aromatic carbocycles. The quantitative estimate of drug-likeness (QED) is 0.739. The summed E-state index contributed by atoms with van der Waals surface area (Å²) in [5.74, 6) is 0.113. The zero-order chi connectivity index (χ0) is 13.8. The Morgan fingerprint density at radius 2 is 2.17 bits per heavy atom. The summed E-state index contributed by atoms with van der Waals surface area (Å²) in [6.45, 7) is 11.3. The minimum atomic E-state index is -0.124. The van der Waals surface area contributed by atoms with E-state index in [-0.39, 0.29) is 17.9 Å². The lowest BCUT2D eigenvalue weighted by Crippen LogP contribution is -2.39. The monoisotopic (exact) mass is 253 g/mol. The van der Waals surface area contributed by atoms with Crippen LogP contribution in [0.15, 0.2) is 12.2 Å². The number of carbonyl (C=O) groups excluding carboxylic acids is 1. The molecule has 0 aliphatic carbocycles. The Kier molecular flexibility index (Phi) is 5.39. The van der Waals surface area contributed by atoms with Gasteiger partial charge < -0.3 is 10.0 Å². The van der Waals surface area contributed by atoms with Crippen molar-refractivity contribution in [3.63, 3.8) is 0 Å². The lowest BCUT2D eigenvalue weighted by Gasteiger charge is -2.31. The molecule has 1 aliphatic rings. The summed E-state index contributed by atoms with van der Waals surface area (Å²) in [7, 11) is 0. The van der Waals surface area contributed by atoms with Crippen LogP contribution in [-0.2, 0) is 4.79 Å². The summed E-state index contributed by atoms with van der Waals surface area (Å²) >= 11 is 0. The van der Waals surface area contributed by atoms with Crippen molar-refractivity contribution >= 4 is 5.91 Å². The van der Waals surface area contributed by atoms with Gasteiger partial charge in [0.2, 0.25) is 5.91 Å². The van der Waals surface area contributed by atoms with Crippen LogP contribution in [0, 0.1) is 5.41 Å². The van der Waals surface area contributed by atoms with E-state index in [0.717, 1.165) is 44.2 Å². The molecule has 1 rings (SSSR count). The summed E-state index contributed by atoms with van der Waals surface area (Å²) in [6.07, 6.45) is 4.74. The molecule has 1 fully saturated rings. The van der Waals surface area contributed by atoms with Crippen LogP contribution < -0.4 is 0 Å². The molecule has 1 atom stereocenters. The van der Waals surface area contributed by atoms with Crippen molar-refractivity contribution < 1.29 is 9.90 Å². The van der Waals surface area contributed by atoms with E-state index in [1.54, 1.807) is 0 Å². The van der Waals surface area contributed by atoms with Crippen molar-refractivity contribution in [3.8, 4) is 0 Å². The van der Waals surface area contributed by atoms with E-state index in [4.69, 9.17) is 5.11 Å². The van der Waals surface area contributed by atoms with E-state index < -0.39 is 0 Å².